The quantitative estimate of drug-likeness (QED) is 0.807. The van der Waals surface area contributed by atoms with Gasteiger partial charge in [-0.15, -0.1) is 0 Å². The van der Waals surface area contributed by atoms with Gasteiger partial charge in [0.05, 0.1) is 44.2 Å². The summed E-state index contributed by atoms with van der Waals surface area (Å²) in [6, 6.07) is 3.13. The van der Waals surface area contributed by atoms with Crippen molar-refractivity contribution in [3.8, 4) is 11.3 Å². The lowest BCUT2D eigenvalue weighted by Gasteiger charge is -2.37. The Morgan fingerprint density at radius 2 is 1.70 bits per heavy atom. The van der Waals surface area contributed by atoms with E-state index in [2.05, 4.69) is 14.9 Å². The molecule has 0 saturated carbocycles. The summed E-state index contributed by atoms with van der Waals surface area (Å²) in [5.41, 5.74) is 6.11. The van der Waals surface area contributed by atoms with Gasteiger partial charge in [-0.3, -0.25) is 0 Å². The average molecular weight is 420 g/mol. The zero-order valence-corrected chi connectivity index (χ0v) is 17.1. The lowest BCUT2D eigenvalue weighted by molar-refractivity contribution is 0.0972. The molecule has 4 rings (SSSR count). The summed E-state index contributed by atoms with van der Waals surface area (Å²) in [5, 5.41) is 0. The van der Waals surface area contributed by atoms with Crippen molar-refractivity contribution in [2.45, 2.75) is 32.4 Å². The highest BCUT2D eigenvalue weighted by atomic mass is 19.3. The third-order valence-corrected chi connectivity index (χ3v) is 5.46. The van der Waals surface area contributed by atoms with Crippen LogP contribution in [0, 0.1) is 0 Å². The lowest BCUT2D eigenvalue weighted by atomic mass is 10.1. The summed E-state index contributed by atoms with van der Waals surface area (Å²) in [7, 11) is 0. The molecule has 0 unspecified atom stereocenters. The molecule has 0 radical (unpaired) electrons. The highest BCUT2D eigenvalue weighted by Gasteiger charge is 2.27. The van der Waals surface area contributed by atoms with E-state index in [0.29, 0.717) is 57.0 Å². The van der Waals surface area contributed by atoms with E-state index >= 15 is 0 Å². The molecular formula is C20H26F2N6O2. The molecule has 8 nitrogen and oxygen atoms in total. The zero-order chi connectivity index (χ0) is 21.3. The molecule has 2 aliphatic heterocycles. The molecule has 2 aromatic rings. The normalized spacial score (nSPS) is 22.6. The third kappa shape index (κ3) is 4.15. The maximum atomic E-state index is 13.7. The molecule has 0 bridgehead atoms. The van der Waals surface area contributed by atoms with E-state index in [1.807, 2.05) is 18.7 Å². The number of nitrogens with zero attached hydrogens (tertiary/aromatic N) is 5. The Kier molecular flexibility index (Phi) is 5.96. The molecule has 30 heavy (non-hydrogen) atoms. The molecule has 2 aromatic heterocycles. The van der Waals surface area contributed by atoms with Crippen LogP contribution in [0.3, 0.4) is 0 Å². The van der Waals surface area contributed by atoms with E-state index in [1.165, 1.54) is 12.3 Å². The van der Waals surface area contributed by atoms with Crippen molar-refractivity contribution in [1.29, 1.82) is 0 Å². The number of morpholine rings is 2. The number of pyridine rings is 1. The SMILES string of the molecule is C[C@H]1COCCN1c1cc(-c2cnc(N)cc2C(F)F)nc(N2CCOC[C@@H]2C)n1. The molecule has 10 heteroatoms. The van der Waals surface area contributed by atoms with E-state index in [-0.39, 0.29) is 29.0 Å². The molecule has 0 aromatic carbocycles. The minimum atomic E-state index is -2.70. The molecule has 4 heterocycles. The second kappa shape index (κ2) is 8.65. The van der Waals surface area contributed by atoms with Gasteiger partial charge in [-0.2, -0.15) is 4.98 Å². The molecule has 2 saturated heterocycles. The first-order valence-electron chi connectivity index (χ1n) is 10.1. The minimum absolute atomic E-state index is 0.0483. The van der Waals surface area contributed by atoms with Gasteiger partial charge in [-0.05, 0) is 19.9 Å². The zero-order valence-electron chi connectivity index (χ0n) is 17.1. The Balaban J connectivity index is 1.84. The van der Waals surface area contributed by atoms with E-state index < -0.39 is 6.43 Å². The first-order chi connectivity index (χ1) is 14.4. The van der Waals surface area contributed by atoms with Crippen molar-refractivity contribution in [1.82, 2.24) is 15.0 Å². The lowest BCUT2D eigenvalue weighted by Crippen LogP contribution is -2.46. The molecular weight excluding hydrogens is 394 g/mol. The highest BCUT2D eigenvalue weighted by molar-refractivity contribution is 5.69. The van der Waals surface area contributed by atoms with Crippen LogP contribution in [-0.4, -0.2) is 66.6 Å². The Hall–Kier alpha value is -2.59. The van der Waals surface area contributed by atoms with E-state index in [4.69, 9.17) is 20.2 Å². The van der Waals surface area contributed by atoms with Crippen molar-refractivity contribution in [3.63, 3.8) is 0 Å². The second-order valence-electron chi connectivity index (χ2n) is 7.64. The van der Waals surface area contributed by atoms with Gasteiger partial charge < -0.3 is 25.0 Å². The number of hydrogen-bond acceptors (Lipinski definition) is 8. The van der Waals surface area contributed by atoms with Gasteiger partial charge in [0.2, 0.25) is 5.95 Å². The number of anilines is 3. The van der Waals surface area contributed by atoms with Gasteiger partial charge in [0, 0.05) is 36.5 Å². The number of nitrogens with two attached hydrogens (primary N) is 1. The van der Waals surface area contributed by atoms with E-state index in [0.717, 1.165) is 0 Å². The van der Waals surface area contributed by atoms with Crippen LogP contribution in [0.1, 0.15) is 25.8 Å². The van der Waals surface area contributed by atoms with Crippen LogP contribution in [0.2, 0.25) is 0 Å². The maximum absolute atomic E-state index is 13.7. The van der Waals surface area contributed by atoms with Gasteiger partial charge >= 0.3 is 0 Å². The van der Waals surface area contributed by atoms with Crippen LogP contribution in [0.15, 0.2) is 18.3 Å². The monoisotopic (exact) mass is 420 g/mol. The van der Waals surface area contributed by atoms with Crippen LogP contribution in [0.5, 0.6) is 0 Å². The molecule has 2 fully saturated rings. The number of nitrogen functional groups attached to an aromatic ring is 1. The standard InChI is InChI=1S/C20H26F2N6O2/c1-12-10-29-5-3-27(12)18-8-16(15-9-24-17(23)7-14(15)19(21)22)25-20(26-18)28-4-6-30-11-13(28)2/h7-9,12-13,19H,3-6,10-11H2,1-2H3,(H2,23,24)/t12-,13-/m0/s1. The van der Waals surface area contributed by atoms with Gasteiger partial charge in [-0.25, -0.2) is 18.7 Å². The van der Waals surface area contributed by atoms with Crippen molar-refractivity contribution in [3.05, 3.63) is 23.9 Å². The van der Waals surface area contributed by atoms with Crippen molar-refractivity contribution in [2.75, 3.05) is 55.1 Å². The smallest absolute Gasteiger partial charge is 0.264 e. The molecule has 2 N–H and O–H groups in total. The molecule has 0 aliphatic carbocycles. The second-order valence-corrected chi connectivity index (χ2v) is 7.64. The summed E-state index contributed by atoms with van der Waals surface area (Å²) in [5.74, 6) is 1.22. The summed E-state index contributed by atoms with van der Waals surface area (Å²) in [4.78, 5) is 17.7. The van der Waals surface area contributed by atoms with Gasteiger partial charge in [0.25, 0.3) is 6.43 Å². The van der Waals surface area contributed by atoms with Crippen LogP contribution in [-0.2, 0) is 9.47 Å². The van der Waals surface area contributed by atoms with Crippen LogP contribution >= 0.6 is 0 Å². The molecule has 2 aliphatic rings. The number of aromatic nitrogens is 3. The third-order valence-electron chi connectivity index (χ3n) is 5.46. The van der Waals surface area contributed by atoms with Gasteiger partial charge in [-0.1, -0.05) is 0 Å². The predicted molar refractivity (Wildman–Crippen MR) is 110 cm³/mol. The largest absolute Gasteiger partial charge is 0.384 e. The Morgan fingerprint density at radius 3 is 2.33 bits per heavy atom. The molecule has 0 amide bonds. The van der Waals surface area contributed by atoms with Crippen molar-refractivity contribution < 1.29 is 18.3 Å². The topological polar surface area (TPSA) is 89.6 Å². The Morgan fingerprint density at radius 1 is 1.03 bits per heavy atom. The van der Waals surface area contributed by atoms with Crippen LogP contribution in [0.4, 0.5) is 26.4 Å². The van der Waals surface area contributed by atoms with Crippen molar-refractivity contribution >= 4 is 17.6 Å². The summed E-state index contributed by atoms with van der Waals surface area (Å²) in [6.07, 6.45) is -1.34. The van der Waals surface area contributed by atoms with Crippen molar-refractivity contribution in [2.24, 2.45) is 0 Å². The number of hydrogen-bond donors (Lipinski definition) is 1. The van der Waals surface area contributed by atoms with Gasteiger partial charge in [0.1, 0.15) is 11.6 Å². The highest BCUT2D eigenvalue weighted by Crippen LogP contribution is 2.34. The fraction of sp³-hybridized carbons (Fsp3) is 0.550. The summed E-state index contributed by atoms with van der Waals surface area (Å²) < 4.78 is 38.6. The molecule has 0 spiro atoms. The number of ether oxygens (including phenoxy) is 2. The predicted octanol–water partition coefficient (Wildman–Crippen LogP) is 2.51. The summed E-state index contributed by atoms with van der Waals surface area (Å²) in [6.45, 7) is 7.65. The van der Waals surface area contributed by atoms with E-state index in [9.17, 15) is 8.78 Å². The first-order valence-corrected chi connectivity index (χ1v) is 10.1. The van der Waals surface area contributed by atoms with Gasteiger partial charge in [0.15, 0.2) is 0 Å². The van der Waals surface area contributed by atoms with E-state index in [1.54, 1.807) is 6.07 Å². The maximum Gasteiger partial charge on any atom is 0.264 e. The fourth-order valence-electron chi connectivity index (χ4n) is 3.81. The number of halogens is 2. The van der Waals surface area contributed by atoms with Crippen LogP contribution in [0.25, 0.3) is 11.3 Å². The number of alkyl halides is 2. The Bertz CT molecular complexity index is 859. The molecule has 2 atom stereocenters. The Labute approximate surface area is 174 Å². The average Bonchev–Trinajstić information content (AvgIpc) is 2.74. The minimum Gasteiger partial charge on any atom is -0.384 e. The van der Waals surface area contributed by atoms with Crippen LogP contribution < -0.4 is 15.5 Å². The summed E-state index contributed by atoms with van der Waals surface area (Å²) >= 11 is 0. The number of rotatable bonds is 4. The molecule has 162 valence electrons. The fourth-order valence-corrected chi connectivity index (χ4v) is 3.81. The first kappa shape index (κ1) is 20.7.